The van der Waals surface area contributed by atoms with Crippen molar-refractivity contribution in [3.05, 3.63) is 35.5 Å². The van der Waals surface area contributed by atoms with Gasteiger partial charge in [-0.2, -0.15) is 5.10 Å². The van der Waals surface area contributed by atoms with Crippen molar-refractivity contribution in [3.63, 3.8) is 0 Å². The molecule has 0 unspecified atom stereocenters. The van der Waals surface area contributed by atoms with Gasteiger partial charge in [0.2, 0.25) is 0 Å². The zero-order valence-corrected chi connectivity index (χ0v) is 8.78. The van der Waals surface area contributed by atoms with Crippen molar-refractivity contribution in [2.45, 2.75) is 13.8 Å². The zero-order chi connectivity index (χ0) is 10.1. The SMILES string of the molecule is C/C=C/c1cc(C)c2nn(C)cc2c1. The van der Waals surface area contributed by atoms with Crippen LogP contribution in [-0.2, 0) is 7.05 Å². The second-order valence-corrected chi connectivity index (χ2v) is 3.58. The maximum atomic E-state index is 4.41. The molecular weight excluding hydrogens is 172 g/mol. The maximum absolute atomic E-state index is 4.41. The second-order valence-electron chi connectivity index (χ2n) is 3.58. The molecule has 0 saturated carbocycles. The number of nitrogens with zero attached hydrogens (tertiary/aromatic N) is 2. The Morgan fingerprint density at radius 3 is 2.86 bits per heavy atom. The molecule has 72 valence electrons. The van der Waals surface area contributed by atoms with Crippen LogP contribution >= 0.6 is 0 Å². The first-order valence-corrected chi connectivity index (χ1v) is 4.77. The lowest BCUT2D eigenvalue weighted by atomic mass is 10.1. The van der Waals surface area contributed by atoms with E-state index in [4.69, 9.17) is 0 Å². The van der Waals surface area contributed by atoms with Gasteiger partial charge in [-0.25, -0.2) is 0 Å². The topological polar surface area (TPSA) is 17.8 Å². The zero-order valence-electron chi connectivity index (χ0n) is 8.78. The highest BCUT2D eigenvalue weighted by Gasteiger charge is 2.02. The molecule has 0 N–H and O–H groups in total. The molecule has 0 aliphatic carbocycles. The number of allylic oxidation sites excluding steroid dienone is 1. The van der Waals surface area contributed by atoms with Crippen LogP contribution in [0.5, 0.6) is 0 Å². The Labute approximate surface area is 83.9 Å². The molecule has 0 saturated heterocycles. The summed E-state index contributed by atoms with van der Waals surface area (Å²) < 4.78 is 1.86. The molecule has 0 fully saturated rings. The summed E-state index contributed by atoms with van der Waals surface area (Å²) in [6.45, 7) is 4.13. The third-order valence-corrected chi connectivity index (χ3v) is 2.30. The summed E-state index contributed by atoms with van der Waals surface area (Å²) in [5.41, 5.74) is 3.57. The van der Waals surface area contributed by atoms with Crippen LogP contribution in [0.1, 0.15) is 18.1 Å². The number of hydrogen-bond donors (Lipinski definition) is 0. The Bertz CT molecular complexity index is 492. The molecule has 0 aliphatic rings. The van der Waals surface area contributed by atoms with E-state index in [1.165, 1.54) is 16.5 Å². The van der Waals surface area contributed by atoms with Gasteiger partial charge in [-0.15, -0.1) is 0 Å². The second kappa shape index (κ2) is 3.29. The molecule has 2 heteroatoms. The minimum Gasteiger partial charge on any atom is -0.275 e. The van der Waals surface area contributed by atoms with Crippen LogP contribution in [0.4, 0.5) is 0 Å². The number of aryl methyl sites for hydroxylation is 2. The Morgan fingerprint density at radius 2 is 2.14 bits per heavy atom. The van der Waals surface area contributed by atoms with Crippen molar-refractivity contribution in [2.75, 3.05) is 0 Å². The fourth-order valence-corrected chi connectivity index (χ4v) is 1.75. The molecular formula is C12H14N2. The average Bonchev–Trinajstić information content (AvgIpc) is 2.47. The van der Waals surface area contributed by atoms with E-state index in [2.05, 4.69) is 42.5 Å². The van der Waals surface area contributed by atoms with Crippen LogP contribution in [0.25, 0.3) is 17.0 Å². The summed E-state index contributed by atoms with van der Waals surface area (Å²) in [6.07, 6.45) is 6.21. The van der Waals surface area contributed by atoms with E-state index >= 15 is 0 Å². The molecule has 0 atom stereocenters. The Hall–Kier alpha value is -1.57. The fourth-order valence-electron chi connectivity index (χ4n) is 1.75. The van der Waals surface area contributed by atoms with Crippen molar-refractivity contribution < 1.29 is 0 Å². The molecule has 14 heavy (non-hydrogen) atoms. The number of hydrogen-bond acceptors (Lipinski definition) is 1. The Morgan fingerprint density at radius 1 is 1.36 bits per heavy atom. The lowest BCUT2D eigenvalue weighted by Gasteiger charge is -1.97. The van der Waals surface area contributed by atoms with Gasteiger partial charge in [0, 0.05) is 18.6 Å². The first kappa shape index (κ1) is 9.00. The van der Waals surface area contributed by atoms with E-state index in [0.29, 0.717) is 0 Å². The number of benzene rings is 1. The minimum atomic E-state index is 1.10. The van der Waals surface area contributed by atoms with E-state index in [-0.39, 0.29) is 0 Å². The molecule has 1 aromatic carbocycles. The summed E-state index contributed by atoms with van der Waals surface area (Å²) in [5.74, 6) is 0. The summed E-state index contributed by atoms with van der Waals surface area (Å²) in [4.78, 5) is 0. The van der Waals surface area contributed by atoms with Gasteiger partial charge in [-0.3, -0.25) is 4.68 Å². The van der Waals surface area contributed by atoms with Gasteiger partial charge < -0.3 is 0 Å². The average molecular weight is 186 g/mol. The van der Waals surface area contributed by atoms with E-state index in [1.807, 2.05) is 18.7 Å². The summed E-state index contributed by atoms with van der Waals surface area (Å²) in [7, 11) is 1.95. The number of aromatic nitrogens is 2. The van der Waals surface area contributed by atoms with Crippen molar-refractivity contribution >= 4 is 17.0 Å². The van der Waals surface area contributed by atoms with E-state index in [0.717, 1.165) is 5.52 Å². The highest BCUT2D eigenvalue weighted by molar-refractivity contribution is 5.84. The molecule has 2 nitrogen and oxygen atoms in total. The van der Waals surface area contributed by atoms with Gasteiger partial charge in [0.1, 0.15) is 0 Å². The maximum Gasteiger partial charge on any atom is 0.0952 e. The molecule has 0 aliphatic heterocycles. The van der Waals surface area contributed by atoms with Crippen LogP contribution in [0, 0.1) is 6.92 Å². The molecule has 0 radical (unpaired) electrons. The van der Waals surface area contributed by atoms with Gasteiger partial charge >= 0.3 is 0 Å². The van der Waals surface area contributed by atoms with Gasteiger partial charge in [0.05, 0.1) is 5.52 Å². The van der Waals surface area contributed by atoms with Crippen LogP contribution in [0.15, 0.2) is 24.4 Å². The van der Waals surface area contributed by atoms with E-state index in [9.17, 15) is 0 Å². The third kappa shape index (κ3) is 1.43. The van der Waals surface area contributed by atoms with E-state index < -0.39 is 0 Å². The Kier molecular flexibility index (Phi) is 2.12. The van der Waals surface area contributed by atoms with Crippen LogP contribution in [0.2, 0.25) is 0 Å². The molecule has 0 bridgehead atoms. The lowest BCUT2D eigenvalue weighted by Crippen LogP contribution is -1.86. The highest BCUT2D eigenvalue weighted by atomic mass is 15.2. The van der Waals surface area contributed by atoms with Crippen LogP contribution < -0.4 is 0 Å². The van der Waals surface area contributed by atoms with Gasteiger partial charge in [0.25, 0.3) is 0 Å². The van der Waals surface area contributed by atoms with Gasteiger partial charge in [0.15, 0.2) is 0 Å². The van der Waals surface area contributed by atoms with Crippen LogP contribution in [0.3, 0.4) is 0 Å². The first-order valence-electron chi connectivity index (χ1n) is 4.77. The molecule has 1 aromatic heterocycles. The normalized spacial score (nSPS) is 11.6. The van der Waals surface area contributed by atoms with E-state index in [1.54, 1.807) is 0 Å². The van der Waals surface area contributed by atoms with Gasteiger partial charge in [-0.05, 0) is 37.1 Å². The standard InChI is InChI=1S/C12H14N2/c1-4-5-10-6-9(2)12-11(7-10)8-14(3)13-12/h4-8H,1-3H3/b5-4+. The Balaban J connectivity index is 2.71. The molecule has 1 heterocycles. The smallest absolute Gasteiger partial charge is 0.0952 e. The lowest BCUT2D eigenvalue weighted by molar-refractivity contribution is 0.779. The quantitative estimate of drug-likeness (QED) is 0.669. The fraction of sp³-hybridized carbons (Fsp3) is 0.250. The summed E-state index contributed by atoms with van der Waals surface area (Å²) in [6, 6.07) is 4.32. The number of rotatable bonds is 1. The predicted molar refractivity (Wildman–Crippen MR) is 60.2 cm³/mol. The van der Waals surface area contributed by atoms with Crippen molar-refractivity contribution in [1.29, 1.82) is 0 Å². The van der Waals surface area contributed by atoms with Crippen LogP contribution in [-0.4, -0.2) is 9.78 Å². The van der Waals surface area contributed by atoms with Crippen molar-refractivity contribution in [3.8, 4) is 0 Å². The minimum absolute atomic E-state index is 1.10. The number of fused-ring (bicyclic) bond motifs is 1. The van der Waals surface area contributed by atoms with Crippen molar-refractivity contribution in [2.24, 2.45) is 7.05 Å². The monoisotopic (exact) mass is 186 g/mol. The summed E-state index contributed by atoms with van der Waals surface area (Å²) >= 11 is 0. The molecule has 2 rings (SSSR count). The first-order chi connectivity index (χ1) is 6.70. The summed E-state index contributed by atoms with van der Waals surface area (Å²) in [5, 5.41) is 5.62. The van der Waals surface area contributed by atoms with Gasteiger partial charge in [-0.1, -0.05) is 12.2 Å². The molecule has 2 aromatic rings. The third-order valence-electron chi connectivity index (χ3n) is 2.30. The van der Waals surface area contributed by atoms with Crippen molar-refractivity contribution in [1.82, 2.24) is 9.78 Å². The largest absolute Gasteiger partial charge is 0.275 e. The molecule has 0 spiro atoms. The molecule has 0 amide bonds. The predicted octanol–water partition coefficient (Wildman–Crippen LogP) is 2.91. The highest BCUT2D eigenvalue weighted by Crippen LogP contribution is 2.19.